The summed E-state index contributed by atoms with van der Waals surface area (Å²) >= 11 is 0. The zero-order valence-electron chi connectivity index (χ0n) is 15.2. The molecule has 0 aromatic heterocycles. The summed E-state index contributed by atoms with van der Waals surface area (Å²) in [5.41, 5.74) is 1.83. The lowest BCUT2D eigenvalue weighted by atomic mass is 10.2. The van der Waals surface area contributed by atoms with E-state index in [0.29, 0.717) is 17.0 Å². The SMILES string of the molecule is Cc1ccc(OCC(=O)NCCN(c2cccc(C#N)c2)S(C)(=O)=O)cc1. The Labute approximate surface area is 159 Å². The average molecular weight is 387 g/mol. The van der Waals surface area contributed by atoms with Gasteiger partial charge in [-0.3, -0.25) is 9.10 Å². The van der Waals surface area contributed by atoms with E-state index in [0.717, 1.165) is 16.1 Å². The van der Waals surface area contributed by atoms with Crippen molar-refractivity contribution in [3.05, 3.63) is 59.7 Å². The molecule has 0 aliphatic heterocycles. The number of sulfonamides is 1. The summed E-state index contributed by atoms with van der Waals surface area (Å²) in [6, 6.07) is 15.6. The molecule has 0 heterocycles. The van der Waals surface area contributed by atoms with Crippen LogP contribution in [0.5, 0.6) is 5.75 Å². The number of hydrogen-bond acceptors (Lipinski definition) is 5. The van der Waals surface area contributed by atoms with E-state index in [1.165, 1.54) is 6.07 Å². The third kappa shape index (κ3) is 6.31. The first kappa shape index (κ1) is 20.3. The van der Waals surface area contributed by atoms with E-state index < -0.39 is 10.0 Å². The van der Waals surface area contributed by atoms with Crippen molar-refractivity contribution in [1.82, 2.24) is 5.32 Å². The van der Waals surface area contributed by atoms with Crippen LogP contribution in [0.2, 0.25) is 0 Å². The molecule has 8 heteroatoms. The van der Waals surface area contributed by atoms with Crippen molar-refractivity contribution in [3.63, 3.8) is 0 Å². The monoisotopic (exact) mass is 387 g/mol. The normalized spacial score (nSPS) is 10.7. The Morgan fingerprint density at radius 2 is 1.93 bits per heavy atom. The summed E-state index contributed by atoms with van der Waals surface area (Å²) in [5, 5.41) is 11.6. The molecule has 0 radical (unpaired) electrons. The molecule has 1 amide bonds. The summed E-state index contributed by atoms with van der Waals surface area (Å²) in [6.45, 7) is 1.95. The molecule has 0 saturated heterocycles. The molecule has 0 spiro atoms. The molecule has 0 unspecified atom stereocenters. The van der Waals surface area contributed by atoms with Gasteiger partial charge < -0.3 is 10.1 Å². The number of hydrogen-bond donors (Lipinski definition) is 1. The third-order valence-electron chi connectivity index (χ3n) is 3.69. The van der Waals surface area contributed by atoms with Crippen LogP contribution >= 0.6 is 0 Å². The van der Waals surface area contributed by atoms with Crippen LogP contribution in [0.4, 0.5) is 5.69 Å². The minimum absolute atomic E-state index is 0.0456. The van der Waals surface area contributed by atoms with E-state index in [-0.39, 0.29) is 25.6 Å². The molecule has 1 N–H and O–H groups in total. The highest BCUT2D eigenvalue weighted by Gasteiger charge is 2.17. The number of carbonyl (C=O) groups is 1. The molecule has 2 rings (SSSR count). The van der Waals surface area contributed by atoms with Gasteiger partial charge in [-0.25, -0.2) is 8.42 Å². The van der Waals surface area contributed by atoms with Gasteiger partial charge >= 0.3 is 0 Å². The Hall–Kier alpha value is -3.05. The lowest BCUT2D eigenvalue weighted by Gasteiger charge is -2.22. The van der Waals surface area contributed by atoms with Crippen LogP contribution in [-0.4, -0.2) is 40.3 Å². The van der Waals surface area contributed by atoms with Crippen molar-refractivity contribution in [3.8, 4) is 11.8 Å². The van der Waals surface area contributed by atoms with Crippen LogP contribution in [0.3, 0.4) is 0 Å². The summed E-state index contributed by atoms with van der Waals surface area (Å²) < 4.78 is 30.6. The first-order valence-electron chi connectivity index (χ1n) is 8.23. The maximum atomic E-state index is 12.1. The fraction of sp³-hybridized carbons (Fsp3) is 0.263. The molecule has 2 aromatic carbocycles. The van der Waals surface area contributed by atoms with Gasteiger partial charge in [-0.05, 0) is 37.3 Å². The number of rotatable bonds is 8. The van der Waals surface area contributed by atoms with Crippen molar-refractivity contribution in [2.24, 2.45) is 0 Å². The van der Waals surface area contributed by atoms with Crippen LogP contribution in [0.1, 0.15) is 11.1 Å². The maximum absolute atomic E-state index is 12.1. The summed E-state index contributed by atoms with van der Waals surface area (Å²) in [5.74, 6) is 0.233. The Morgan fingerprint density at radius 1 is 1.22 bits per heavy atom. The van der Waals surface area contributed by atoms with E-state index in [4.69, 9.17) is 10.00 Å². The van der Waals surface area contributed by atoms with Crippen LogP contribution < -0.4 is 14.4 Å². The molecule has 0 saturated carbocycles. The first-order valence-corrected chi connectivity index (χ1v) is 10.1. The highest BCUT2D eigenvalue weighted by atomic mass is 32.2. The smallest absolute Gasteiger partial charge is 0.258 e. The van der Waals surface area contributed by atoms with Gasteiger partial charge in [0.15, 0.2) is 6.61 Å². The fourth-order valence-corrected chi connectivity index (χ4v) is 3.27. The minimum Gasteiger partial charge on any atom is -0.484 e. The highest BCUT2D eigenvalue weighted by Crippen LogP contribution is 2.18. The zero-order valence-corrected chi connectivity index (χ0v) is 16.0. The number of nitriles is 1. The van der Waals surface area contributed by atoms with Crippen LogP contribution in [0, 0.1) is 18.3 Å². The lowest BCUT2D eigenvalue weighted by molar-refractivity contribution is -0.123. The standard InChI is InChI=1S/C19H21N3O4S/c1-15-6-8-18(9-7-15)26-14-19(23)21-10-11-22(27(2,24)25)17-5-3-4-16(12-17)13-20/h3-9,12H,10-11,14H2,1-2H3,(H,21,23). The van der Waals surface area contributed by atoms with Crippen molar-refractivity contribution < 1.29 is 17.9 Å². The van der Waals surface area contributed by atoms with E-state index in [1.807, 2.05) is 25.1 Å². The van der Waals surface area contributed by atoms with Gasteiger partial charge in [0.05, 0.1) is 30.1 Å². The van der Waals surface area contributed by atoms with Gasteiger partial charge in [0, 0.05) is 6.54 Å². The van der Waals surface area contributed by atoms with Crippen LogP contribution in [0.25, 0.3) is 0 Å². The Balaban J connectivity index is 1.90. The Bertz CT molecular complexity index is 934. The molecule has 2 aromatic rings. The average Bonchev–Trinajstić information content (AvgIpc) is 2.63. The molecule has 7 nitrogen and oxygen atoms in total. The maximum Gasteiger partial charge on any atom is 0.258 e. The molecule has 0 bridgehead atoms. The number of nitrogens with one attached hydrogen (secondary N) is 1. The number of carbonyl (C=O) groups excluding carboxylic acids is 1. The predicted molar refractivity (Wildman–Crippen MR) is 103 cm³/mol. The Kier molecular flexibility index (Phi) is 6.79. The zero-order chi connectivity index (χ0) is 19.9. The molecular weight excluding hydrogens is 366 g/mol. The van der Waals surface area contributed by atoms with Gasteiger partial charge in [0.25, 0.3) is 5.91 Å². The summed E-state index contributed by atoms with van der Waals surface area (Å²) in [7, 11) is -3.56. The molecule has 0 aliphatic carbocycles. The van der Waals surface area contributed by atoms with Gasteiger partial charge in [-0.15, -0.1) is 0 Å². The second-order valence-electron chi connectivity index (χ2n) is 5.95. The van der Waals surface area contributed by atoms with Crippen LogP contribution in [-0.2, 0) is 14.8 Å². The van der Waals surface area contributed by atoms with E-state index in [1.54, 1.807) is 30.3 Å². The van der Waals surface area contributed by atoms with Crippen molar-refractivity contribution in [2.45, 2.75) is 6.92 Å². The molecular formula is C19H21N3O4S. The van der Waals surface area contributed by atoms with E-state index >= 15 is 0 Å². The number of benzene rings is 2. The minimum atomic E-state index is -3.56. The fourth-order valence-electron chi connectivity index (χ4n) is 2.35. The van der Waals surface area contributed by atoms with Gasteiger partial charge in [-0.1, -0.05) is 23.8 Å². The molecule has 27 heavy (non-hydrogen) atoms. The Morgan fingerprint density at radius 3 is 2.56 bits per heavy atom. The predicted octanol–water partition coefficient (Wildman–Crippen LogP) is 1.83. The highest BCUT2D eigenvalue weighted by molar-refractivity contribution is 7.92. The van der Waals surface area contributed by atoms with Gasteiger partial charge in [0.1, 0.15) is 5.75 Å². The number of amides is 1. The van der Waals surface area contributed by atoms with E-state index in [9.17, 15) is 13.2 Å². The number of nitrogens with zero attached hydrogens (tertiary/aromatic N) is 2. The molecule has 0 fully saturated rings. The molecule has 142 valence electrons. The number of aryl methyl sites for hydroxylation is 1. The molecule has 0 aliphatic rings. The second-order valence-corrected chi connectivity index (χ2v) is 7.86. The summed E-state index contributed by atoms with van der Waals surface area (Å²) in [6.07, 6.45) is 1.08. The van der Waals surface area contributed by atoms with Crippen LogP contribution in [0.15, 0.2) is 48.5 Å². The van der Waals surface area contributed by atoms with Gasteiger partial charge in [0.2, 0.25) is 10.0 Å². The van der Waals surface area contributed by atoms with E-state index in [2.05, 4.69) is 5.32 Å². The van der Waals surface area contributed by atoms with Crippen molar-refractivity contribution in [1.29, 1.82) is 5.26 Å². The first-order chi connectivity index (χ1) is 12.8. The van der Waals surface area contributed by atoms with Crippen molar-refractivity contribution in [2.75, 3.05) is 30.3 Å². The van der Waals surface area contributed by atoms with Crippen molar-refractivity contribution >= 4 is 21.6 Å². The number of anilines is 1. The van der Waals surface area contributed by atoms with Gasteiger partial charge in [-0.2, -0.15) is 5.26 Å². The summed E-state index contributed by atoms with van der Waals surface area (Å²) in [4.78, 5) is 11.9. The quantitative estimate of drug-likeness (QED) is 0.745. The second kappa shape index (κ2) is 9.05. The largest absolute Gasteiger partial charge is 0.484 e. The third-order valence-corrected chi connectivity index (χ3v) is 4.89. The lowest BCUT2D eigenvalue weighted by Crippen LogP contribution is -2.39. The topological polar surface area (TPSA) is 99.5 Å². The number of ether oxygens (including phenoxy) is 1. The molecule has 0 atom stereocenters.